The molecule has 0 spiro atoms. The largest absolute Gasteiger partial charge is 0.493 e. The monoisotopic (exact) mass is 490 g/mol. The van der Waals surface area contributed by atoms with Crippen molar-refractivity contribution >= 4 is 23.4 Å². The van der Waals surface area contributed by atoms with Crippen LogP contribution in [0.5, 0.6) is 11.5 Å². The molecule has 0 radical (unpaired) electrons. The van der Waals surface area contributed by atoms with E-state index in [1.807, 2.05) is 0 Å². The van der Waals surface area contributed by atoms with Crippen LogP contribution < -0.4 is 20.1 Å². The van der Waals surface area contributed by atoms with Crippen LogP contribution in [-0.4, -0.2) is 49.7 Å². The predicted molar refractivity (Wildman–Crippen MR) is 136 cm³/mol. The van der Waals surface area contributed by atoms with Crippen LogP contribution in [0.15, 0.2) is 61.7 Å². The number of unbranched alkanes of at least 4 members (excludes halogenated alkanes) is 2. The molecule has 2 N–H and O–H groups in total. The van der Waals surface area contributed by atoms with Crippen LogP contribution in [-0.2, 0) is 9.59 Å². The van der Waals surface area contributed by atoms with Gasteiger partial charge in [0.1, 0.15) is 11.5 Å². The molecule has 1 aliphatic rings. The van der Waals surface area contributed by atoms with Crippen LogP contribution in [0, 0.1) is 0 Å². The van der Waals surface area contributed by atoms with Gasteiger partial charge in [-0.2, -0.15) is 0 Å². The van der Waals surface area contributed by atoms with E-state index in [0.717, 1.165) is 0 Å². The summed E-state index contributed by atoms with van der Waals surface area (Å²) in [4.78, 5) is 49.2. The van der Waals surface area contributed by atoms with Crippen LogP contribution in [0.4, 0.5) is 0 Å². The maximum Gasteiger partial charge on any atom is 0.243 e. The topological polar surface area (TPSA) is 111 Å². The van der Waals surface area contributed by atoms with Crippen LogP contribution in [0.2, 0.25) is 0 Å². The Morgan fingerprint density at radius 1 is 0.694 bits per heavy atom. The van der Waals surface area contributed by atoms with Gasteiger partial charge < -0.3 is 20.1 Å². The highest BCUT2D eigenvalue weighted by atomic mass is 16.5. The molecule has 0 bridgehead atoms. The minimum Gasteiger partial charge on any atom is -0.493 e. The summed E-state index contributed by atoms with van der Waals surface area (Å²) in [5.41, 5.74) is 1.08. The van der Waals surface area contributed by atoms with E-state index in [1.54, 1.807) is 36.4 Å². The molecule has 0 aromatic heterocycles. The van der Waals surface area contributed by atoms with Gasteiger partial charge in [0.2, 0.25) is 11.8 Å². The van der Waals surface area contributed by atoms with Gasteiger partial charge in [0, 0.05) is 24.2 Å². The lowest BCUT2D eigenvalue weighted by molar-refractivity contribution is -0.117. The van der Waals surface area contributed by atoms with Gasteiger partial charge in [-0.15, -0.1) is 0 Å². The first-order valence-electron chi connectivity index (χ1n) is 11.9. The number of hydrogen-bond acceptors (Lipinski definition) is 6. The molecule has 0 saturated heterocycles. The Labute approximate surface area is 210 Å². The van der Waals surface area contributed by atoms with Crippen LogP contribution in [0.25, 0.3) is 0 Å². The maximum absolute atomic E-state index is 13.4. The van der Waals surface area contributed by atoms with Gasteiger partial charge in [0.15, 0.2) is 11.6 Å². The maximum atomic E-state index is 13.4. The highest BCUT2D eigenvalue weighted by Gasteiger charge is 2.34. The first kappa shape index (κ1) is 26.4. The molecule has 1 aliphatic carbocycles. The van der Waals surface area contributed by atoms with Gasteiger partial charge in [-0.3, -0.25) is 19.2 Å². The number of hydrogen-bond donors (Lipinski definition) is 2. The van der Waals surface area contributed by atoms with Crippen molar-refractivity contribution in [3.05, 3.63) is 84.0 Å². The normalized spacial score (nSPS) is 11.7. The Balaban J connectivity index is 1.64. The Bertz CT molecular complexity index is 1080. The predicted octanol–water partition coefficient (Wildman–Crippen LogP) is 3.38. The number of fused-ring (bicyclic) bond motifs is 2. The molecule has 3 rings (SSSR count). The summed E-state index contributed by atoms with van der Waals surface area (Å²) in [5, 5.41) is 5.40. The minimum atomic E-state index is -0.286. The van der Waals surface area contributed by atoms with Gasteiger partial charge >= 0.3 is 0 Å². The van der Waals surface area contributed by atoms with Crippen molar-refractivity contribution in [3.63, 3.8) is 0 Å². The molecule has 36 heavy (non-hydrogen) atoms. The Kier molecular flexibility index (Phi) is 9.56. The lowest BCUT2D eigenvalue weighted by Crippen LogP contribution is -2.24. The number of rotatable bonds is 14. The zero-order valence-corrected chi connectivity index (χ0v) is 20.1. The first-order valence-corrected chi connectivity index (χ1v) is 11.9. The number of carbonyl (C=O) groups is 4. The molecule has 2 aromatic rings. The third kappa shape index (κ3) is 6.47. The number of nitrogens with one attached hydrogen (secondary N) is 2. The van der Waals surface area contributed by atoms with E-state index in [0.29, 0.717) is 63.5 Å². The van der Waals surface area contributed by atoms with Crippen LogP contribution >= 0.6 is 0 Å². The third-order valence-corrected chi connectivity index (χ3v) is 5.62. The van der Waals surface area contributed by atoms with E-state index in [2.05, 4.69) is 23.8 Å². The molecule has 188 valence electrons. The van der Waals surface area contributed by atoms with E-state index in [4.69, 9.17) is 9.47 Å². The van der Waals surface area contributed by atoms with Crippen molar-refractivity contribution in [1.29, 1.82) is 0 Å². The average Bonchev–Trinajstić information content (AvgIpc) is 2.90. The van der Waals surface area contributed by atoms with Crippen LogP contribution in [0.1, 0.15) is 57.5 Å². The summed E-state index contributed by atoms with van der Waals surface area (Å²) in [6, 6.07) is 9.98. The summed E-state index contributed by atoms with van der Waals surface area (Å²) in [6.07, 6.45) is 5.16. The summed E-state index contributed by atoms with van der Waals surface area (Å²) < 4.78 is 11.7. The number of ketones is 2. The molecule has 2 amide bonds. The van der Waals surface area contributed by atoms with Crippen molar-refractivity contribution < 1.29 is 28.7 Å². The number of amides is 2. The van der Waals surface area contributed by atoms with Crippen molar-refractivity contribution in [2.24, 2.45) is 0 Å². The SMILES string of the molecule is C=CC(=O)NCCCCOc1cccc2c1C(=O)c1cccc(OCCCCNC(=O)C=C)c1C2=O. The second-order valence-corrected chi connectivity index (χ2v) is 8.12. The number of benzene rings is 2. The fourth-order valence-corrected chi connectivity index (χ4v) is 3.80. The highest BCUT2D eigenvalue weighted by molar-refractivity contribution is 6.30. The van der Waals surface area contributed by atoms with Gasteiger partial charge in [-0.25, -0.2) is 0 Å². The zero-order chi connectivity index (χ0) is 25.9. The van der Waals surface area contributed by atoms with Gasteiger partial charge in [-0.1, -0.05) is 37.4 Å². The van der Waals surface area contributed by atoms with E-state index < -0.39 is 0 Å². The molecule has 0 heterocycles. The molecular formula is C28H30N2O6. The molecule has 0 atom stereocenters. The van der Waals surface area contributed by atoms with E-state index >= 15 is 0 Å². The van der Waals surface area contributed by atoms with Crippen molar-refractivity contribution in [1.82, 2.24) is 10.6 Å². The Hall–Kier alpha value is -4.20. The Morgan fingerprint density at radius 3 is 1.50 bits per heavy atom. The van der Waals surface area contributed by atoms with Crippen molar-refractivity contribution in [2.75, 3.05) is 26.3 Å². The highest BCUT2D eigenvalue weighted by Crippen LogP contribution is 2.37. The standard InChI is InChI=1S/C28H30N2O6/c1-3-23(31)29-15-5-7-17-35-21-13-9-11-19-25(21)27(33)20-12-10-14-22(26(20)28(19)34)36-18-8-6-16-30-24(32)4-2/h3-4,9-14H,1-2,5-8,15-18H2,(H,29,31)(H,30,32). The molecule has 2 aromatic carbocycles. The van der Waals surface area contributed by atoms with Gasteiger partial charge in [0.25, 0.3) is 0 Å². The summed E-state index contributed by atoms with van der Waals surface area (Å²) in [5.74, 6) is -0.302. The Morgan fingerprint density at radius 2 is 1.11 bits per heavy atom. The fraction of sp³-hybridized carbons (Fsp3) is 0.286. The molecular weight excluding hydrogens is 460 g/mol. The van der Waals surface area contributed by atoms with Gasteiger partial charge in [0.05, 0.1) is 24.3 Å². The van der Waals surface area contributed by atoms with E-state index in [1.165, 1.54) is 12.2 Å². The molecule has 8 nitrogen and oxygen atoms in total. The first-order chi connectivity index (χ1) is 17.5. The second-order valence-electron chi connectivity index (χ2n) is 8.12. The molecule has 8 heteroatoms. The molecule has 0 fully saturated rings. The zero-order valence-electron chi connectivity index (χ0n) is 20.1. The second kappa shape index (κ2) is 13.0. The summed E-state index contributed by atoms with van der Waals surface area (Å²) in [6.45, 7) is 8.48. The van der Waals surface area contributed by atoms with Crippen LogP contribution in [0.3, 0.4) is 0 Å². The third-order valence-electron chi connectivity index (χ3n) is 5.62. The fourth-order valence-electron chi connectivity index (χ4n) is 3.80. The number of ether oxygens (including phenoxy) is 2. The van der Waals surface area contributed by atoms with Crippen molar-refractivity contribution in [3.8, 4) is 11.5 Å². The molecule has 0 saturated carbocycles. The number of carbonyl (C=O) groups excluding carboxylic acids is 4. The average molecular weight is 491 g/mol. The summed E-state index contributed by atoms with van der Waals surface area (Å²) in [7, 11) is 0. The summed E-state index contributed by atoms with van der Waals surface area (Å²) >= 11 is 0. The van der Waals surface area contributed by atoms with E-state index in [-0.39, 0.29) is 45.6 Å². The van der Waals surface area contributed by atoms with Crippen molar-refractivity contribution in [2.45, 2.75) is 25.7 Å². The molecule has 0 unspecified atom stereocenters. The minimum absolute atomic E-state index is 0.226. The molecule has 0 aliphatic heterocycles. The lowest BCUT2D eigenvalue weighted by Gasteiger charge is -2.22. The van der Waals surface area contributed by atoms with Gasteiger partial charge in [-0.05, 0) is 50.0 Å². The quantitative estimate of drug-likeness (QED) is 0.265. The lowest BCUT2D eigenvalue weighted by atomic mass is 9.83. The van der Waals surface area contributed by atoms with E-state index in [9.17, 15) is 19.2 Å². The smallest absolute Gasteiger partial charge is 0.243 e.